The number of anilines is 1. The van der Waals surface area contributed by atoms with E-state index in [1.807, 2.05) is 31.2 Å². The van der Waals surface area contributed by atoms with Crippen LogP contribution >= 0.6 is 0 Å². The molecule has 0 radical (unpaired) electrons. The minimum Gasteiger partial charge on any atom is -0.329 e. The molecule has 104 valence electrons. The molecule has 1 saturated carbocycles. The van der Waals surface area contributed by atoms with Crippen molar-refractivity contribution in [2.45, 2.75) is 26.2 Å². The first-order chi connectivity index (χ1) is 9.66. The number of nitrogens with zero attached hydrogens (tertiary/aromatic N) is 1. The lowest BCUT2D eigenvalue weighted by Crippen LogP contribution is -2.47. The molecule has 1 aromatic carbocycles. The number of hydrogen-bond acceptors (Lipinski definition) is 3. The molecule has 1 amide bonds. The van der Waals surface area contributed by atoms with Crippen molar-refractivity contribution >= 4 is 22.5 Å². The average molecular weight is 269 g/mol. The highest BCUT2D eigenvalue weighted by Crippen LogP contribution is 2.41. The van der Waals surface area contributed by atoms with Crippen LogP contribution in [0.3, 0.4) is 0 Å². The van der Waals surface area contributed by atoms with E-state index >= 15 is 0 Å². The van der Waals surface area contributed by atoms with Crippen LogP contribution in [0.5, 0.6) is 0 Å². The molecule has 0 aliphatic heterocycles. The Kier molecular flexibility index (Phi) is 3.18. The zero-order valence-electron chi connectivity index (χ0n) is 11.6. The number of amides is 1. The number of rotatable bonds is 3. The van der Waals surface area contributed by atoms with Crippen LogP contribution in [0.2, 0.25) is 0 Å². The smallest absolute Gasteiger partial charge is 0.231 e. The predicted octanol–water partition coefficient (Wildman–Crippen LogP) is 2.61. The Morgan fingerprint density at radius 2 is 2.20 bits per heavy atom. The molecule has 1 aromatic heterocycles. The molecule has 1 heterocycles. The fraction of sp³-hybridized carbons (Fsp3) is 0.375. The second kappa shape index (κ2) is 4.87. The van der Waals surface area contributed by atoms with Crippen molar-refractivity contribution in [3.63, 3.8) is 0 Å². The van der Waals surface area contributed by atoms with Crippen molar-refractivity contribution in [2.24, 2.45) is 11.1 Å². The summed E-state index contributed by atoms with van der Waals surface area (Å²) in [5.41, 5.74) is 8.29. The monoisotopic (exact) mass is 269 g/mol. The minimum absolute atomic E-state index is 0.0419. The van der Waals surface area contributed by atoms with Crippen molar-refractivity contribution in [3.05, 3.63) is 36.0 Å². The third kappa shape index (κ3) is 1.96. The quantitative estimate of drug-likeness (QED) is 0.900. The number of hydrogen-bond donors (Lipinski definition) is 2. The lowest BCUT2D eigenvalue weighted by molar-refractivity contribution is -0.129. The molecule has 0 bridgehead atoms. The highest BCUT2D eigenvalue weighted by Gasteiger charge is 2.42. The molecule has 4 heteroatoms. The summed E-state index contributed by atoms with van der Waals surface area (Å²) < 4.78 is 0. The van der Waals surface area contributed by atoms with E-state index in [1.54, 1.807) is 6.20 Å². The molecule has 0 unspecified atom stereocenters. The molecule has 2 aromatic rings. The predicted molar refractivity (Wildman–Crippen MR) is 80.4 cm³/mol. The van der Waals surface area contributed by atoms with Crippen LogP contribution in [0.4, 0.5) is 5.69 Å². The first-order valence-electron chi connectivity index (χ1n) is 7.02. The largest absolute Gasteiger partial charge is 0.329 e. The maximum absolute atomic E-state index is 12.5. The number of pyridine rings is 1. The SMILES string of the molecule is Cc1ccc(NC(=O)C2(CN)CCC2)c2cccnc12. The van der Waals surface area contributed by atoms with Gasteiger partial charge in [0.25, 0.3) is 0 Å². The first kappa shape index (κ1) is 13.1. The average Bonchev–Trinajstić information content (AvgIpc) is 2.42. The lowest BCUT2D eigenvalue weighted by Gasteiger charge is -2.39. The van der Waals surface area contributed by atoms with Crippen molar-refractivity contribution in [2.75, 3.05) is 11.9 Å². The molecule has 0 saturated heterocycles. The van der Waals surface area contributed by atoms with E-state index in [2.05, 4.69) is 10.3 Å². The number of nitrogens with one attached hydrogen (secondary N) is 1. The van der Waals surface area contributed by atoms with Gasteiger partial charge in [0.15, 0.2) is 0 Å². The fourth-order valence-electron chi connectivity index (χ4n) is 2.81. The van der Waals surface area contributed by atoms with E-state index in [0.29, 0.717) is 6.54 Å². The van der Waals surface area contributed by atoms with Crippen molar-refractivity contribution in [1.29, 1.82) is 0 Å². The zero-order valence-corrected chi connectivity index (χ0v) is 11.6. The number of carbonyl (C=O) groups excluding carboxylic acids is 1. The van der Waals surface area contributed by atoms with Gasteiger partial charge in [0.2, 0.25) is 5.91 Å². The first-order valence-corrected chi connectivity index (χ1v) is 7.02. The van der Waals surface area contributed by atoms with E-state index < -0.39 is 0 Å². The summed E-state index contributed by atoms with van der Waals surface area (Å²) in [6.45, 7) is 2.44. The van der Waals surface area contributed by atoms with Crippen LogP contribution in [-0.2, 0) is 4.79 Å². The molecule has 4 nitrogen and oxygen atoms in total. The molecule has 3 rings (SSSR count). The van der Waals surface area contributed by atoms with Crippen LogP contribution in [-0.4, -0.2) is 17.4 Å². The number of aryl methyl sites for hydroxylation is 1. The summed E-state index contributed by atoms with van der Waals surface area (Å²) in [7, 11) is 0. The normalized spacial score (nSPS) is 16.7. The summed E-state index contributed by atoms with van der Waals surface area (Å²) >= 11 is 0. The number of nitrogens with two attached hydrogens (primary N) is 1. The second-order valence-electron chi connectivity index (χ2n) is 5.62. The number of fused-ring (bicyclic) bond motifs is 1. The zero-order chi connectivity index (χ0) is 14.2. The molecule has 0 atom stereocenters. The summed E-state index contributed by atoms with van der Waals surface area (Å²) in [5, 5.41) is 4.03. The Morgan fingerprint density at radius 1 is 1.40 bits per heavy atom. The highest BCUT2D eigenvalue weighted by atomic mass is 16.2. The van der Waals surface area contributed by atoms with Crippen LogP contribution in [0.25, 0.3) is 10.9 Å². The Bertz CT molecular complexity index is 656. The Balaban J connectivity index is 1.95. The van der Waals surface area contributed by atoms with Gasteiger partial charge in [-0.05, 0) is 43.5 Å². The van der Waals surface area contributed by atoms with E-state index in [-0.39, 0.29) is 11.3 Å². The van der Waals surface area contributed by atoms with Crippen molar-refractivity contribution in [1.82, 2.24) is 4.98 Å². The molecule has 1 aliphatic rings. The van der Waals surface area contributed by atoms with Gasteiger partial charge in [0.1, 0.15) is 0 Å². The van der Waals surface area contributed by atoms with E-state index in [4.69, 9.17) is 5.73 Å². The Morgan fingerprint density at radius 3 is 2.85 bits per heavy atom. The Labute approximate surface area is 118 Å². The molecule has 20 heavy (non-hydrogen) atoms. The number of carbonyl (C=O) groups is 1. The van der Waals surface area contributed by atoms with Crippen LogP contribution < -0.4 is 11.1 Å². The Hall–Kier alpha value is -1.94. The molecule has 1 aliphatic carbocycles. The third-order valence-corrected chi connectivity index (χ3v) is 4.40. The van der Waals surface area contributed by atoms with Gasteiger partial charge in [-0.25, -0.2) is 0 Å². The van der Waals surface area contributed by atoms with Crippen LogP contribution in [0.15, 0.2) is 30.5 Å². The van der Waals surface area contributed by atoms with Gasteiger partial charge < -0.3 is 11.1 Å². The maximum Gasteiger partial charge on any atom is 0.231 e. The van der Waals surface area contributed by atoms with Crippen molar-refractivity contribution in [3.8, 4) is 0 Å². The van der Waals surface area contributed by atoms with E-state index in [9.17, 15) is 4.79 Å². The molecule has 3 N–H and O–H groups in total. The van der Waals surface area contributed by atoms with Gasteiger partial charge in [0, 0.05) is 18.1 Å². The highest BCUT2D eigenvalue weighted by molar-refractivity contribution is 6.04. The maximum atomic E-state index is 12.5. The van der Waals surface area contributed by atoms with Crippen LogP contribution in [0, 0.1) is 12.3 Å². The third-order valence-electron chi connectivity index (χ3n) is 4.40. The van der Waals surface area contributed by atoms with Gasteiger partial charge in [-0.15, -0.1) is 0 Å². The molecule has 1 fully saturated rings. The van der Waals surface area contributed by atoms with Gasteiger partial charge in [0.05, 0.1) is 16.6 Å². The minimum atomic E-state index is -0.362. The number of benzene rings is 1. The van der Waals surface area contributed by atoms with Crippen molar-refractivity contribution < 1.29 is 4.79 Å². The molecular formula is C16H19N3O. The second-order valence-corrected chi connectivity index (χ2v) is 5.62. The summed E-state index contributed by atoms with van der Waals surface area (Å²) in [6.07, 6.45) is 4.63. The standard InChI is InChI=1S/C16H19N3O/c1-11-5-6-13(12-4-2-9-18-14(11)12)19-15(20)16(10-17)7-3-8-16/h2,4-6,9H,3,7-8,10,17H2,1H3,(H,19,20). The number of aromatic nitrogens is 1. The van der Waals surface area contributed by atoms with E-state index in [1.165, 1.54) is 0 Å². The molecule has 0 spiro atoms. The van der Waals surface area contributed by atoms with Crippen LogP contribution in [0.1, 0.15) is 24.8 Å². The van der Waals surface area contributed by atoms with E-state index in [0.717, 1.165) is 41.4 Å². The molecular weight excluding hydrogens is 250 g/mol. The topological polar surface area (TPSA) is 68.0 Å². The van der Waals surface area contributed by atoms with Gasteiger partial charge >= 0.3 is 0 Å². The summed E-state index contributed by atoms with van der Waals surface area (Å²) in [4.78, 5) is 16.9. The van der Waals surface area contributed by atoms with Gasteiger partial charge in [-0.1, -0.05) is 12.5 Å². The summed E-state index contributed by atoms with van der Waals surface area (Å²) in [5.74, 6) is 0.0419. The fourth-order valence-corrected chi connectivity index (χ4v) is 2.81. The van der Waals surface area contributed by atoms with Gasteiger partial charge in [-0.3, -0.25) is 9.78 Å². The van der Waals surface area contributed by atoms with Gasteiger partial charge in [-0.2, -0.15) is 0 Å². The summed E-state index contributed by atoms with van der Waals surface area (Å²) in [6, 6.07) is 7.81. The lowest BCUT2D eigenvalue weighted by atomic mass is 9.68.